The fourth-order valence-electron chi connectivity index (χ4n) is 1.65. The van der Waals surface area contributed by atoms with Gasteiger partial charge in [-0.3, -0.25) is 4.79 Å². The van der Waals surface area contributed by atoms with Crippen molar-refractivity contribution in [3.05, 3.63) is 47.6 Å². The molecule has 1 fully saturated rings. The predicted octanol–water partition coefficient (Wildman–Crippen LogP) is 3.74. The molecule has 0 aromatic carbocycles. The second-order valence-corrected chi connectivity index (χ2v) is 3.62. The summed E-state index contributed by atoms with van der Waals surface area (Å²) in [5, 5.41) is 0. The van der Waals surface area contributed by atoms with Crippen LogP contribution < -0.4 is 0 Å². The lowest BCUT2D eigenvalue weighted by Crippen LogP contribution is -2.12. The third-order valence-corrected chi connectivity index (χ3v) is 2.46. The number of ketones is 1. The average molecular weight is 202 g/mol. The van der Waals surface area contributed by atoms with Crippen molar-refractivity contribution in [3.8, 4) is 0 Å². The Morgan fingerprint density at radius 3 is 1.80 bits per heavy atom. The lowest BCUT2D eigenvalue weighted by Gasteiger charge is -2.15. The number of rotatable bonds is 2. The highest BCUT2D eigenvalue weighted by Crippen LogP contribution is 2.24. The fourth-order valence-corrected chi connectivity index (χ4v) is 1.65. The Labute approximate surface area is 91.9 Å². The van der Waals surface area contributed by atoms with Crippen molar-refractivity contribution < 1.29 is 4.79 Å². The molecule has 0 radical (unpaired) electrons. The van der Waals surface area contributed by atoms with Gasteiger partial charge in [0, 0.05) is 0 Å². The van der Waals surface area contributed by atoms with Gasteiger partial charge in [-0.1, -0.05) is 36.5 Å². The number of carbonyl (C=O) groups excluding carboxylic acids is 1. The maximum absolute atomic E-state index is 11.9. The van der Waals surface area contributed by atoms with E-state index in [1.807, 2.05) is 50.3 Å². The van der Waals surface area contributed by atoms with Crippen molar-refractivity contribution >= 4 is 5.78 Å². The van der Waals surface area contributed by atoms with Gasteiger partial charge in [0.2, 0.25) is 0 Å². The van der Waals surface area contributed by atoms with Crippen molar-refractivity contribution in [2.45, 2.75) is 33.1 Å². The first kappa shape index (κ1) is 11.7. The SMILES string of the molecule is C/C=C/C=C1\CCC/C(=C\C=C\C)C1=O. The smallest absolute Gasteiger partial charge is 0.184 e. The Balaban J connectivity index is 2.84. The Bertz CT molecular complexity index is 308. The molecule has 1 aliphatic rings. The molecule has 0 heterocycles. The van der Waals surface area contributed by atoms with Gasteiger partial charge in [0.05, 0.1) is 0 Å². The normalized spacial score (nSPS) is 23.7. The third-order valence-electron chi connectivity index (χ3n) is 2.46. The molecule has 0 aliphatic heterocycles. The van der Waals surface area contributed by atoms with E-state index in [0.717, 1.165) is 30.4 Å². The zero-order valence-electron chi connectivity index (χ0n) is 9.49. The van der Waals surface area contributed by atoms with Gasteiger partial charge in [-0.2, -0.15) is 0 Å². The van der Waals surface area contributed by atoms with Gasteiger partial charge >= 0.3 is 0 Å². The number of carbonyl (C=O) groups is 1. The summed E-state index contributed by atoms with van der Waals surface area (Å²) < 4.78 is 0. The van der Waals surface area contributed by atoms with Gasteiger partial charge < -0.3 is 0 Å². The van der Waals surface area contributed by atoms with Crippen LogP contribution in [0.3, 0.4) is 0 Å². The maximum atomic E-state index is 11.9. The molecule has 1 heteroatoms. The topological polar surface area (TPSA) is 17.1 Å². The van der Waals surface area contributed by atoms with Crippen molar-refractivity contribution in [2.24, 2.45) is 0 Å². The van der Waals surface area contributed by atoms with Crippen LogP contribution in [0.4, 0.5) is 0 Å². The van der Waals surface area contributed by atoms with E-state index < -0.39 is 0 Å². The molecular weight excluding hydrogens is 184 g/mol. The van der Waals surface area contributed by atoms with E-state index >= 15 is 0 Å². The molecule has 80 valence electrons. The monoisotopic (exact) mass is 202 g/mol. The molecule has 0 spiro atoms. The average Bonchev–Trinajstić information content (AvgIpc) is 2.26. The first-order valence-electron chi connectivity index (χ1n) is 5.48. The van der Waals surface area contributed by atoms with Crippen LogP contribution in [0.1, 0.15) is 33.1 Å². The van der Waals surface area contributed by atoms with E-state index in [9.17, 15) is 4.79 Å². The third kappa shape index (κ3) is 3.35. The van der Waals surface area contributed by atoms with Gasteiger partial charge in [-0.05, 0) is 44.3 Å². The first-order valence-corrected chi connectivity index (χ1v) is 5.48. The lowest BCUT2D eigenvalue weighted by atomic mass is 9.88. The molecule has 0 aromatic heterocycles. The lowest BCUT2D eigenvalue weighted by molar-refractivity contribution is -0.113. The molecule has 0 bridgehead atoms. The van der Waals surface area contributed by atoms with Gasteiger partial charge in [-0.25, -0.2) is 0 Å². The van der Waals surface area contributed by atoms with Gasteiger partial charge in [-0.15, -0.1) is 0 Å². The summed E-state index contributed by atoms with van der Waals surface area (Å²) in [7, 11) is 0. The van der Waals surface area contributed by atoms with E-state index in [4.69, 9.17) is 0 Å². The molecule has 0 saturated heterocycles. The van der Waals surface area contributed by atoms with Crippen LogP contribution in [0.5, 0.6) is 0 Å². The fraction of sp³-hybridized carbons (Fsp3) is 0.357. The molecule has 0 atom stereocenters. The number of hydrogen-bond donors (Lipinski definition) is 0. The van der Waals surface area contributed by atoms with Crippen LogP contribution in [0.15, 0.2) is 47.6 Å². The maximum Gasteiger partial charge on any atom is 0.184 e. The first-order chi connectivity index (χ1) is 7.29. The minimum atomic E-state index is 0.220. The van der Waals surface area contributed by atoms with E-state index in [2.05, 4.69) is 0 Å². The van der Waals surface area contributed by atoms with Crippen molar-refractivity contribution in [1.29, 1.82) is 0 Å². The molecule has 1 rings (SSSR count). The second kappa shape index (κ2) is 6.18. The summed E-state index contributed by atoms with van der Waals surface area (Å²) >= 11 is 0. The van der Waals surface area contributed by atoms with Gasteiger partial charge in [0.1, 0.15) is 0 Å². The Morgan fingerprint density at radius 2 is 1.40 bits per heavy atom. The van der Waals surface area contributed by atoms with Crippen molar-refractivity contribution in [3.63, 3.8) is 0 Å². The molecule has 15 heavy (non-hydrogen) atoms. The van der Waals surface area contributed by atoms with Crippen LogP contribution in [-0.2, 0) is 4.79 Å². The van der Waals surface area contributed by atoms with Crippen molar-refractivity contribution in [1.82, 2.24) is 0 Å². The van der Waals surface area contributed by atoms with Crippen molar-refractivity contribution in [2.75, 3.05) is 0 Å². The number of allylic oxidation sites excluding steroid dienone is 8. The summed E-state index contributed by atoms with van der Waals surface area (Å²) in [6.45, 7) is 3.92. The summed E-state index contributed by atoms with van der Waals surface area (Å²) in [4.78, 5) is 11.9. The Morgan fingerprint density at radius 1 is 0.933 bits per heavy atom. The van der Waals surface area contributed by atoms with Crippen LogP contribution >= 0.6 is 0 Å². The zero-order valence-corrected chi connectivity index (χ0v) is 9.49. The van der Waals surface area contributed by atoms with Gasteiger partial charge in [0.15, 0.2) is 5.78 Å². The van der Waals surface area contributed by atoms with Crippen LogP contribution in [0.2, 0.25) is 0 Å². The molecule has 0 aromatic rings. The summed E-state index contributed by atoms with van der Waals surface area (Å²) in [5.74, 6) is 0.220. The van der Waals surface area contributed by atoms with Crippen LogP contribution in [0.25, 0.3) is 0 Å². The van der Waals surface area contributed by atoms with E-state index in [-0.39, 0.29) is 5.78 Å². The van der Waals surface area contributed by atoms with Crippen LogP contribution in [-0.4, -0.2) is 5.78 Å². The summed E-state index contributed by atoms with van der Waals surface area (Å²) in [6.07, 6.45) is 14.5. The standard InChI is InChI=1S/C14H18O/c1-3-5-8-12-10-7-11-13(14(12)15)9-6-4-2/h3-6,8-9H,7,10-11H2,1-2H3/b5-3+,6-4+,12-8+,13-9+. The minimum absolute atomic E-state index is 0.220. The largest absolute Gasteiger partial charge is 0.289 e. The van der Waals surface area contributed by atoms with E-state index in [1.54, 1.807) is 0 Å². The molecular formula is C14H18O. The molecule has 1 saturated carbocycles. The number of hydrogen-bond acceptors (Lipinski definition) is 1. The number of Topliss-reactive ketones (excluding diaryl/α,β-unsaturated/α-hetero) is 1. The molecule has 0 unspecified atom stereocenters. The highest BCUT2D eigenvalue weighted by molar-refractivity contribution is 6.09. The predicted molar refractivity (Wildman–Crippen MR) is 64.7 cm³/mol. The summed E-state index contributed by atoms with van der Waals surface area (Å²) in [6, 6.07) is 0. The highest BCUT2D eigenvalue weighted by atomic mass is 16.1. The van der Waals surface area contributed by atoms with Gasteiger partial charge in [0.25, 0.3) is 0 Å². The summed E-state index contributed by atoms with van der Waals surface area (Å²) in [5.41, 5.74) is 1.88. The minimum Gasteiger partial charge on any atom is -0.289 e. The second-order valence-electron chi connectivity index (χ2n) is 3.62. The quantitative estimate of drug-likeness (QED) is 0.623. The molecule has 1 nitrogen and oxygen atoms in total. The highest BCUT2D eigenvalue weighted by Gasteiger charge is 2.18. The molecule has 1 aliphatic carbocycles. The zero-order chi connectivity index (χ0) is 11.1. The van der Waals surface area contributed by atoms with E-state index in [0.29, 0.717) is 0 Å². The van der Waals surface area contributed by atoms with E-state index in [1.165, 1.54) is 0 Å². The molecule has 0 N–H and O–H groups in total. The molecule has 0 amide bonds. The Hall–Kier alpha value is -1.37. The Kier molecular flexibility index (Phi) is 4.82. The van der Waals surface area contributed by atoms with Crippen LogP contribution in [0, 0.1) is 0 Å².